The lowest BCUT2D eigenvalue weighted by Crippen LogP contribution is -2.08. The third-order valence-corrected chi connectivity index (χ3v) is 2.62. The van der Waals surface area contributed by atoms with Crippen molar-refractivity contribution in [1.29, 1.82) is 0 Å². The van der Waals surface area contributed by atoms with E-state index in [9.17, 15) is 19.3 Å². The highest BCUT2D eigenvalue weighted by Gasteiger charge is 2.23. The number of esters is 1. The molecule has 0 aliphatic carbocycles. The smallest absolute Gasteiger partial charge is 0.363 e. The Morgan fingerprint density at radius 3 is 2.50 bits per heavy atom. The molecule has 6 nitrogen and oxygen atoms in total. The average molecular weight is 276 g/mol. The molecule has 0 unspecified atom stereocenters. The van der Waals surface area contributed by atoms with E-state index in [1.807, 2.05) is 0 Å². The fourth-order valence-electron chi connectivity index (χ4n) is 1.65. The molecule has 0 radical (unpaired) electrons. The van der Waals surface area contributed by atoms with Crippen LogP contribution in [0.1, 0.15) is 10.5 Å². The van der Waals surface area contributed by atoms with Gasteiger partial charge >= 0.3 is 11.7 Å². The summed E-state index contributed by atoms with van der Waals surface area (Å²) in [5.41, 5.74) is 0.129. The number of methoxy groups -OCH3 is 1. The molecular formula is C13H9FN2O4. The van der Waals surface area contributed by atoms with E-state index in [0.29, 0.717) is 11.1 Å². The zero-order valence-electron chi connectivity index (χ0n) is 10.4. The van der Waals surface area contributed by atoms with Crippen LogP contribution >= 0.6 is 0 Å². The number of hydrogen-bond donors (Lipinski definition) is 0. The summed E-state index contributed by atoms with van der Waals surface area (Å²) >= 11 is 0. The number of hydrogen-bond acceptors (Lipinski definition) is 5. The van der Waals surface area contributed by atoms with Crippen molar-refractivity contribution in [3.8, 4) is 11.1 Å². The van der Waals surface area contributed by atoms with Crippen molar-refractivity contribution < 1.29 is 18.8 Å². The van der Waals surface area contributed by atoms with Crippen LogP contribution in [0.25, 0.3) is 11.1 Å². The average Bonchev–Trinajstić information content (AvgIpc) is 2.46. The Labute approximate surface area is 113 Å². The molecule has 1 aromatic heterocycles. The predicted molar refractivity (Wildman–Crippen MR) is 67.6 cm³/mol. The molecular weight excluding hydrogens is 267 g/mol. The topological polar surface area (TPSA) is 82.3 Å². The van der Waals surface area contributed by atoms with Crippen LogP contribution in [-0.2, 0) is 4.74 Å². The largest absolute Gasteiger partial charge is 0.464 e. The Hall–Kier alpha value is -2.83. The van der Waals surface area contributed by atoms with Crippen LogP contribution < -0.4 is 0 Å². The second kappa shape index (κ2) is 5.43. The van der Waals surface area contributed by atoms with Gasteiger partial charge in [0.2, 0.25) is 5.69 Å². The van der Waals surface area contributed by atoms with Gasteiger partial charge in [-0.1, -0.05) is 12.1 Å². The van der Waals surface area contributed by atoms with E-state index < -0.39 is 22.4 Å². The Morgan fingerprint density at radius 1 is 1.30 bits per heavy atom. The van der Waals surface area contributed by atoms with Crippen molar-refractivity contribution in [2.75, 3.05) is 7.11 Å². The maximum atomic E-state index is 12.8. The van der Waals surface area contributed by atoms with E-state index in [4.69, 9.17) is 0 Å². The summed E-state index contributed by atoms with van der Waals surface area (Å²) in [5, 5.41) is 11.0. The zero-order valence-corrected chi connectivity index (χ0v) is 10.4. The highest BCUT2D eigenvalue weighted by atomic mass is 19.1. The first-order chi connectivity index (χ1) is 9.52. The summed E-state index contributed by atoms with van der Waals surface area (Å²) in [6.07, 6.45) is 1.30. The van der Waals surface area contributed by atoms with Crippen molar-refractivity contribution in [3.05, 3.63) is 58.2 Å². The lowest BCUT2D eigenvalue weighted by molar-refractivity contribution is -0.385. The third-order valence-electron chi connectivity index (χ3n) is 2.62. The van der Waals surface area contributed by atoms with Crippen LogP contribution in [0.5, 0.6) is 0 Å². The molecule has 0 saturated carbocycles. The summed E-state index contributed by atoms with van der Waals surface area (Å²) < 4.78 is 17.3. The molecule has 0 N–H and O–H groups in total. The molecule has 2 rings (SSSR count). The SMILES string of the molecule is COC(=O)c1ncc(-c2ccc(F)cc2)cc1[N+](=O)[O-]. The van der Waals surface area contributed by atoms with E-state index in [0.717, 1.165) is 7.11 Å². The Kier molecular flexibility index (Phi) is 3.69. The van der Waals surface area contributed by atoms with Crippen molar-refractivity contribution in [1.82, 2.24) is 4.98 Å². The Morgan fingerprint density at radius 2 is 1.95 bits per heavy atom. The van der Waals surface area contributed by atoms with Gasteiger partial charge < -0.3 is 4.74 Å². The van der Waals surface area contributed by atoms with Gasteiger partial charge in [0.25, 0.3) is 0 Å². The summed E-state index contributed by atoms with van der Waals surface area (Å²) in [5.74, 6) is -1.30. The maximum Gasteiger partial charge on any atom is 0.363 e. The molecule has 0 aliphatic rings. The summed E-state index contributed by atoms with van der Waals surface area (Å²) in [4.78, 5) is 25.4. The first-order valence-corrected chi connectivity index (χ1v) is 5.51. The van der Waals surface area contributed by atoms with E-state index in [1.165, 1.54) is 36.5 Å². The molecule has 0 fully saturated rings. The molecule has 0 bridgehead atoms. The quantitative estimate of drug-likeness (QED) is 0.489. The molecule has 7 heteroatoms. The van der Waals surface area contributed by atoms with Crippen molar-refractivity contribution in [2.24, 2.45) is 0 Å². The molecule has 1 aromatic carbocycles. The molecule has 0 atom stereocenters. The van der Waals surface area contributed by atoms with Gasteiger partial charge in [-0.05, 0) is 17.7 Å². The highest BCUT2D eigenvalue weighted by Crippen LogP contribution is 2.26. The van der Waals surface area contributed by atoms with Gasteiger partial charge in [-0.15, -0.1) is 0 Å². The lowest BCUT2D eigenvalue weighted by atomic mass is 10.1. The minimum Gasteiger partial charge on any atom is -0.464 e. The lowest BCUT2D eigenvalue weighted by Gasteiger charge is -2.04. The summed E-state index contributed by atoms with van der Waals surface area (Å²) in [7, 11) is 1.11. The molecule has 0 saturated heterocycles. The molecule has 102 valence electrons. The van der Waals surface area contributed by atoms with Gasteiger partial charge in [-0.25, -0.2) is 14.2 Å². The fourth-order valence-corrected chi connectivity index (χ4v) is 1.65. The van der Waals surface area contributed by atoms with E-state index in [2.05, 4.69) is 9.72 Å². The standard InChI is InChI=1S/C13H9FN2O4/c1-20-13(17)12-11(16(18)19)6-9(7-15-12)8-2-4-10(14)5-3-8/h2-7H,1H3. The number of benzene rings is 1. The van der Waals surface area contributed by atoms with Crippen LogP contribution in [0, 0.1) is 15.9 Å². The van der Waals surface area contributed by atoms with Gasteiger partial charge in [-0.3, -0.25) is 10.1 Å². The zero-order chi connectivity index (χ0) is 14.7. The molecule has 0 amide bonds. The first-order valence-electron chi connectivity index (χ1n) is 5.51. The summed E-state index contributed by atoms with van der Waals surface area (Å²) in [6, 6.07) is 6.60. The van der Waals surface area contributed by atoms with Gasteiger partial charge in [0, 0.05) is 17.8 Å². The molecule has 0 spiro atoms. The second-order valence-corrected chi connectivity index (χ2v) is 3.85. The van der Waals surface area contributed by atoms with Crippen LogP contribution in [0.15, 0.2) is 36.5 Å². The Balaban J connectivity index is 2.52. The molecule has 20 heavy (non-hydrogen) atoms. The van der Waals surface area contributed by atoms with Crippen molar-refractivity contribution in [3.63, 3.8) is 0 Å². The molecule has 0 aliphatic heterocycles. The fraction of sp³-hybridized carbons (Fsp3) is 0.0769. The van der Waals surface area contributed by atoms with Crippen LogP contribution in [-0.4, -0.2) is 23.0 Å². The highest BCUT2D eigenvalue weighted by molar-refractivity contribution is 5.92. The first kappa shape index (κ1) is 13.6. The number of nitro groups is 1. The number of halogens is 1. The minimum atomic E-state index is -0.887. The number of aromatic nitrogens is 1. The van der Waals surface area contributed by atoms with Gasteiger partial charge in [-0.2, -0.15) is 0 Å². The normalized spacial score (nSPS) is 10.1. The maximum absolute atomic E-state index is 12.8. The van der Waals surface area contributed by atoms with Crippen molar-refractivity contribution in [2.45, 2.75) is 0 Å². The van der Waals surface area contributed by atoms with E-state index in [1.54, 1.807) is 0 Å². The van der Waals surface area contributed by atoms with Crippen LogP contribution in [0.4, 0.5) is 10.1 Å². The van der Waals surface area contributed by atoms with Gasteiger partial charge in [0.05, 0.1) is 12.0 Å². The Bertz CT molecular complexity index is 671. The number of rotatable bonds is 3. The van der Waals surface area contributed by atoms with E-state index >= 15 is 0 Å². The van der Waals surface area contributed by atoms with Gasteiger partial charge in [0.1, 0.15) is 5.82 Å². The predicted octanol–water partition coefficient (Wildman–Crippen LogP) is 2.58. The minimum absolute atomic E-state index is 0.372. The number of carbonyl (C=O) groups is 1. The van der Waals surface area contributed by atoms with Crippen LogP contribution in [0.2, 0.25) is 0 Å². The third kappa shape index (κ3) is 2.61. The van der Waals surface area contributed by atoms with E-state index in [-0.39, 0.29) is 5.69 Å². The number of carbonyl (C=O) groups excluding carboxylic acids is 1. The molecule has 1 heterocycles. The summed E-state index contributed by atoms with van der Waals surface area (Å²) in [6.45, 7) is 0. The number of ether oxygens (including phenoxy) is 1. The second-order valence-electron chi connectivity index (χ2n) is 3.85. The molecule has 2 aromatic rings. The van der Waals surface area contributed by atoms with Gasteiger partial charge in [0.15, 0.2) is 0 Å². The van der Waals surface area contributed by atoms with Crippen molar-refractivity contribution >= 4 is 11.7 Å². The monoisotopic (exact) mass is 276 g/mol. The number of pyridine rings is 1. The van der Waals surface area contributed by atoms with Crippen LogP contribution in [0.3, 0.4) is 0 Å². The number of nitrogens with zero attached hydrogens (tertiary/aromatic N) is 2.